The maximum atomic E-state index is 12.6. The lowest BCUT2D eigenvalue weighted by molar-refractivity contribution is -0.169. The van der Waals surface area contributed by atoms with E-state index in [9.17, 15) is 19.2 Å². The predicted molar refractivity (Wildman–Crippen MR) is 164 cm³/mol. The van der Waals surface area contributed by atoms with Gasteiger partial charge in [0.05, 0.1) is 10.8 Å². The van der Waals surface area contributed by atoms with Crippen LogP contribution in [0.4, 0.5) is 0 Å². The van der Waals surface area contributed by atoms with Crippen LogP contribution in [0.2, 0.25) is 0 Å². The number of hydrogen-bond donors (Lipinski definition) is 0. The number of carbonyl (C=O) groups excluding carboxylic acids is 4. The molecular weight excluding hydrogens is 552 g/mol. The molecule has 220 valence electrons. The fraction of sp³-hybridized carbons (Fsp3) is 0.263. The van der Waals surface area contributed by atoms with Crippen LogP contribution in [0.5, 0.6) is 0 Å². The molecule has 2 saturated heterocycles. The Hall–Kier alpha value is -4.84. The molecule has 6 aliphatic rings. The number of aldehydes is 2. The molecule has 6 heteroatoms. The third-order valence-corrected chi connectivity index (χ3v) is 10.4. The highest BCUT2D eigenvalue weighted by Gasteiger charge is 2.57. The molecule has 4 heterocycles. The van der Waals surface area contributed by atoms with Crippen LogP contribution in [0.3, 0.4) is 0 Å². The van der Waals surface area contributed by atoms with Crippen LogP contribution in [-0.4, -0.2) is 24.5 Å². The van der Waals surface area contributed by atoms with Gasteiger partial charge in [-0.2, -0.15) is 0 Å². The van der Waals surface area contributed by atoms with Crippen LogP contribution in [0.25, 0.3) is 0 Å². The first-order chi connectivity index (χ1) is 21.3. The highest BCUT2D eigenvalue weighted by atomic mass is 16.6. The third kappa shape index (κ3) is 3.93. The third-order valence-electron chi connectivity index (χ3n) is 10.4. The molecule has 2 aliphatic carbocycles. The molecule has 4 aliphatic heterocycles. The second kappa shape index (κ2) is 10.4. The van der Waals surface area contributed by atoms with Gasteiger partial charge in [-0.3, -0.25) is 19.2 Å². The van der Waals surface area contributed by atoms with Gasteiger partial charge in [-0.15, -0.1) is 0 Å². The van der Waals surface area contributed by atoms with Crippen molar-refractivity contribution in [1.29, 1.82) is 0 Å². The molecule has 4 aromatic carbocycles. The topological polar surface area (TPSA) is 86.7 Å². The quantitative estimate of drug-likeness (QED) is 0.188. The summed E-state index contributed by atoms with van der Waals surface area (Å²) in [6.45, 7) is 3.88. The van der Waals surface area contributed by atoms with Gasteiger partial charge in [0.1, 0.15) is 24.8 Å². The van der Waals surface area contributed by atoms with Crippen molar-refractivity contribution in [2.75, 3.05) is 0 Å². The zero-order chi connectivity index (χ0) is 30.6. The standard InChI is InChI=1S/2C19H16O3/c2*1-19-15-9-5-4-8-14(15)17(22-18(19)21)10-16(19)13-7-3-2-6-12(13)11-20/h2*2-9,11,16-17H,10H2,1H3/t2*16-,17-,19-/m10/s1. The van der Waals surface area contributed by atoms with Crippen LogP contribution in [0, 0.1) is 0 Å². The number of benzene rings is 4. The van der Waals surface area contributed by atoms with E-state index in [2.05, 4.69) is 0 Å². The maximum Gasteiger partial charge on any atom is 0.317 e. The van der Waals surface area contributed by atoms with Gasteiger partial charge in [0.25, 0.3) is 0 Å². The molecule has 4 aromatic rings. The summed E-state index contributed by atoms with van der Waals surface area (Å²) in [5.74, 6) is -0.439. The summed E-state index contributed by atoms with van der Waals surface area (Å²) in [6, 6.07) is 31.0. The highest BCUT2D eigenvalue weighted by Crippen LogP contribution is 2.58. The molecule has 0 spiro atoms. The van der Waals surface area contributed by atoms with Crippen molar-refractivity contribution in [3.8, 4) is 0 Å². The SMILES string of the molecule is C[C@@]12C(=O)O[C@@H](C[C@H]1c1ccccc1C=O)c1ccccc12.C[C@]12C(=O)O[C@H](C[C@@H]1c1ccccc1C=O)c1ccccc12. The van der Waals surface area contributed by atoms with Crippen molar-refractivity contribution >= 4 is 24.5 Å². The number of rotatable bonds is 4. The molecule has 0 aromatic heterocycles. The van der Waals surface area contributed by atoms with Crippen LogP contribution in [0.15, 0.2) is 97.1 Å². The lowest BCUT2D eigenvalue weighted by atomic mass is 9.59. The summed E-state index contributed by atoms with van der Waals surface area (Å²) >= 11 is 0. The minimum atomic E-state index is -0.732. The molecule has 0 amide bonds. The van der Waals surface area contributed by atoms with Gasteiger partial charge >= 0.3 is 11.9 Å². The molecule has 4 bridgehead atoms. The molecule has 0 N–H and O–H groups in total. The Labute approximate surface area is 256 Å². The van der Waals surface area contributed by atoms with Gasteiger partial charge in [0, 0.05) is 23.0 Å². The van der Waals surface area contributed by atoms with E-state index >= 15 is 0 Å². The smallest absolute Gasteiger partial charge is 0.317 e. The Morgan fingerprint density at radius 2 is 0.886 bits per heavy atom. The van der Waals surface area contributed by atoms with Gasteiger partial charge in [0.2, 0.25) is 0 Å². The summed E-state index contributed by atoms with van der Waals surface area (Å²) in [5.41, 5.74) is 6.01. The van der Waals surface area contributed by atoms with E-state index in [1.807, 2.05) is 111 Å². The van der Waals surface area contributed by atoms with E-state index in [1.165, 1.54) is 0 Å². The fourth-order valence-corrected chi connectivity index (χ4v) is 8.01. The number of carbonyl (C=O) groups is 4. The summed E-state index contributed by atoms with van der Waals surface area (Å²) in [7, 11) is 0. The van der Waals surface area contributed by atoms with Crippen molar-refractivity contribution in [3.05, 3.63) is 142 Å². The van der Waals surface area contributed by atoms with Crippen LogP contribution < -0.4 is 0 Å². The van der Waals surface area contributed by atoms with Crippen LogP contribution >= 0.6 is 0 Å². The van der Waals surface area contributed by atoms with Crippen molar-refractivity contribution in [2.24, 2.45) is 0 Å². The van der Waals surface area contributed by atoms with Crippen LogP contribution in [0.1, 0.15) is 105 Å². The summed E-state index contributed by atoms with van der Waals surface area (Å²) < 4.78 is 11.2. The lowest BCUT2D eigenvalue weighted by Crippen LogP contribution is -2.50. The van der Waals surface area contributed by atoms with Gasteiger partial charge < -0.3 is 9.47 Å². The predicted octanol–water partition coefficient (Wildman–Crippen LogP) is 7.08. The number of fused-ring (bicyclic) bond motifs is 4. The van der Waals surface area contributed by atoms with Crippen molar-refractivity contribution in [2.45, 2.75) is 61.6 Å². The molecule has 2 fully saturated rings. The van der Waals surface area contributed by atoms with Crippen LogP contribution in [-0.2, 0) is 29.9 Å². The molecule has 6 atom stereocenters. The Balaban J connectivity index is 0.000000142. The summed E-state index contributed by atoms with van der Waals surface area (Å²) in [4.78, 5) is 48.0. The lowest BCUT2D eigenvalue weighted by Gasteiger charge is -2.49. The monoisotopic (exact) mass is 584 g/mol. The minimum absolute atomic E-state index is 0.0324. The van der Waals surface area contributed by atoms with E-state index < -0.39 is 10.8 Å². The number of hydrogen-bond acceptors (Lipinski definition) is 6. The molecular formula is C38H32O6. The Kier molecular flexibility index (Phi) is 6.61. The van der Waals surface area contributed by atoms with Crippen molar-refractivity contribution in [3.63, 3.8) is 0 Å². The summed E-state index contributed by atoms with van der Waals surface area (Å²) in [5, 5.41) is 0. The Bertz CT molecular complexity index is 1690. The zero-order valence-corrected chi connectivity index (χ0v) is 24.6. The van der Waals surface area contributed by atoms with Crippen molar-refractivity contribution in [1.82, 2.24) is 0 Å². The second-order valence-corrected chi connectivity index (χ2v) is 12.4. The minimum Gasteiger partial charge on any atom is -0.457 e. The van der Waals surface area contributed by atoms with E-state index in [1.54, 1.807) is 0 Å². The Morgan fingerprint density at radius 3 is 1.27 bits per heavy atom. The van der Waals surface area contributed by atoms with Gasteiger partial charge in [-0.1, -0.05) is 97.1 Å². The fourth-order valence-electron chi connectivity index (χ4n) is 8.01. The van der Waals surface area contributed by atoms with E-state index in [-0.39, 0.29) is 36.0 Å². The van der Waals surface area contributed by atoms with Gasteiger partial charge in [-0.25, -0.2) is 0 Å². The summed E-state index contributed by atoms with van der Waals surface area (Å²) in [6.07, 6.45) is 2.77. The molecule has 10 rings (SSSR count). The van der Waals surface area contributed by atoms with Gasteiger partial charge in [-0.05, 0) is 60.1 Å². The molecule has 6 nitrogen and oxygen atoms in total. The number of ether oxygens (including phenoxy) is 2. The molecule has 0 saturated carbocycles. The average molecular weight is 585 g/mol. The van der Waals surface area contributed by atoms with E-state index in [0.29, 0.717) is 11.1 Å². The normalized spacial score (nSPS) is 28.9. The van der Waals surface area contributed by atoms with E-state index in [4.69, 9.17) is 9.47 Å². The maximum absolute atomic E-state index is 12.6. The van der Waals surface area contributed by atoms with Crippen molar-refractivity contribution < 1.29 is 28.7 Å². The first-order valence-corrected chi connectivity index (χ1v) is 15.0. The van der Waals surface area contributed by atoms with E-state index in [0.717, 1.165) is 58.8 Å². The molecule has 0 unspecified atom stereocenters. The largest absolute Gasteiger partial charge is 0.457 e. The average Bonchev–Trinajstić information content (AvgIpc) is 3.07. The van der Waals surface area contributed by atoms with Gasteiger partial charge in [0.15, 0.2) is 0 Å². The molecule has 0 radical (unpaired) electrons. The second-order valence-electron chi connectivity index (χ2n) is 12.4. The molecule has 44 heavy (non-hydrogen) atoms. The first-order valence-electron chi connectivity index (χ1n) is 15.0. The zero-order valence-electron chi connectivity index (χ0n) is 24.6. The highest BCUT2D eigenvalue weighted by molar-refractivity contribution is 5.90. The number of esters is 2. The Morgan fingerprint density at radius 1 is 0.545 bits per heavy atom. The first kappa shape index (κ1) is 28.0.